The minimum atomic E-state index is -0.00937. The molecule has 0 saturated carbocycles. The lowest BCUT2D eigenvalue weighted by Gasteiger charge is -2.19. The van der Waals surface area contributed by atoms with E-state index in [9.17, 15) is 0 Å². The summed E-state index contributed by atoms with van der Waals surface area (Å²) < 4.78 is 8.77. The van der Waals surface area contributed by atoms with Crippen LogP contribution in [-0.2, 0) is 10.8 Å². The van der Waals surface area contributed by atoms with Crippen molar-refractivity contribution in [3.63, 3.8) is 0 Å². The second kappa shape index (κ2) is 13.4. The van der Waals surface area contributed by atoms with Gasteiger partial charge >= 0.3 is 0 Å². The predicted octanol–water partition coefficient (Wildman–Crippen LogP) is 14.1. The van der Waals surface area contributed by atoms with Crippen LogP contribution in [0, 0.1) is 0 Å². The molecule has 0 amide bonds. The Kier molecular flexibility index (Phi) is 8.20. The highest BCUT2D eigenvalue weighted by Gasteiger charge is 2.24. The fourth-order valence-corrected chi connectivity index (χ4v) is 8.14. The van der Waals surface area contributed by atoms with Gasteiger partial charge in [0.25, 0.3) is 0 Å². The molecule has 58 heavy (non-hydrogen) atoms. The van der Waals surface area contributed by atoms with Crippen molar-refractivity contribution < 1.29 is 4.42 Å². The van der Waals surface area contributed by atoms with Gasteiger partial charge in [-0.1, -0.05) is 145 Å². The number of aromatic nitrogens is 4. The topological polar surface area (TPSA) is 56.7 Å². The summed E-state index contributed by atoms with van der Waals surface area (Å²) in [5.74, 6) is 1.84. The molecule has 282 valence electrons. The second-order valence-electron chi connectivity index (χ2n) is 17.4. The highest BCUT2D eigenvalue weighted by molar-refractivity contribution is 6.10. The summed E-state index contributed by atoms with van der Waals surface area (Å²) in [6.07, 6.45) is 0. The molecule has 0 bridgehead atoms. The Bertz CT molecular complexity index is 3050. The Morgan fingerprint density at radius 1 is 0.397 bits per heavy atom. The van der Waals surface area contributed by atoms with Crippen LogP contribution in [0.2, 0.25) is 0 Å². The summed E-state index contributed by atoms with van der Waals surface area (Å²) in [5.41, 5.74) is 12.4. The van der Waals surface area contributed by atoms with E-state index in [2.05, 4.69) is 155 Å². The molecule has 10 rings (SSSR count). The second-order valence-corrected chi connectivity index (χ2v) is 17.4. The molecule has 0 aliphatic rings. The van der Waals surface area contributed by atoms with E-state index in [1.807, 2.05) is 48.5 Å². The van der Waals surface area contributed by atoms with Gasteiger partial charge in [0.1, 0.15) is 11.2 Å². The molecular formula is C53H44N4O. The molecule has 0 saturated heterocycles. The van der Waals surface area contributed by atoms with Crippen molar-refractivity contribution in [2.24, 2.45) is 0 Å². The zero-order chi connectivity index (χ0) is 39.8. The van der Waals surface area contributed by atoms with Crippen molar-refractivity contribution in [1.82, 2.24) is 19.5 Å². The molecule has 10 aromatic rings. The van der Waals surface area contributed by atoms with E-state index in [0.717, 1.165) is 66.5 Å². The highest BCUT2D eigenvalue weighted by atomic mass is 16.3. The normalized spacial score (nSPS) is 12.3. The van der Waals surface area contributed by atoms with Crippen LogP contribution in [0.3, 0.4) is 0 Å². The first-order chi connectivity index (χ1) is 28.0. The first-order valence-corrected chi connectivity index (χ1v) is 20.0. The Balaban J connectivity index is 1.28. The molecule has 0 fully saturated rings. The molecule has 3 heterocycles. The van der Waals surface area contributed by atoms with Gasteiger partial charge in [0.15, 0.2) is 17.5 Å². The minimum Gasteiger partial charge on any atom is -0.456 e. The van der Waals surface area contributed by atoms with Crippen molar-refractivity contribution in [3.8, 4) is 51.0 Å². The number of furan rings is 1. The molecule has 5 heteroatoms. The van der Waals surface area contributed by atoms with E-state index in [-0.39, 0.29) is 10.8 Å². The van der Waals surface area contributed by atoms with E-state index >= 15 is 0 Å². The molecule has 0 N–H and O–H groups in total. The zero-order valence-corrected chi connectivity index (χ0v) is 33.7. The van der Waals surface area contributed by atoms with E-state index in [0.29, 0.717) is 17.5 Å². The Hall–Kier alpha value is -6.85. The standard InChI is InChI=1S/C53H44N4O/c1-52(2,3)37-23-27-44-41(31-37)42-32-38(53(4,5)6)24-28-45(42)57(44)46-26-22-35(36-21-25-40-39-19-13-14-20-47(39)58-48(40)30-36)29-43(46)51-55-49(33-15-9-7-10-16-33)54-50(56-51)34-17-11-8-12-18-34/h7-32H,1-6H3. The number of hydrogen-bond acceptors (Lipinski definition) is 4. The van der Waals surface area contributed by atoms with Gasteiger partial charge in [0.05, 0.1) is 16.7 Å². The number of hydrogen-bond donors (Lipinski definition) is 0. The first-order valence-electron chi connectivity index (χ1n) is 20.0. The summed E-state index contributed by atoms with van der Waals surface area (Å²) in [6.45, 7) is 13.7. The molecule has 0 aliphatic carbocycles. The van der Waals surface area contributed by atoms with E-state index < -0.39 is 0 Å². The van der Waals surface area contributed by atoms with Crippen LogP contribution in [0.4, 0.5) is 0 Å². The van der Waals surface area contributed by atoms with Crippen molar-refractivity contribution in [3.05, 3.63) is 169 Å². The number of fused-ring (bicyclic) bond motifs is 6. The maximum atomic E-state index is 6.37. The van der Waals surface area contributed by atoms with Crippen LogP contribution in [0.1, 0.15) is 52.7 Å². The van der Waals surface area contributed by atoms with Crippen LogP contribution in [0.25, 0.3) is 94.7 Å². The number of nitrogens with zero attached hydrogens (tertiary/aromatic N) is 4. The van der Waals surface area contributed by atoms with Gasteiger partial charge in [-0.05, 0) is 87.7 Å². The van der Waals surface area contributed by atoms with Crippen LogP contribution in [0.5, 0.6) is 0 Å². The van der Waals surface area contributed by atoms with Crippen LogP contribution in [0.15, 0.2) is 162 Å². The monoisotopic (exact) mass is 752 g/mol. The quantitative estimate of drug-likeness (QED) is 0.176. The molecule has 3 aromatic heterocycles. The van der Waals surface area contributed by atoms with Gasteiger partial charge < -0.3 is 8.98 Å². The highest BCUT2D eigenvalue weighted by Crippen LogP contribution is 2.41. The van der Waals surface area contributed by atoms with Gasteiger partial charge in [-0.3, -0.25) is 0 Å². The zero-order valence-electron chi connectivity index (χ0n) is 33.7. The Labute approximate surface area is 338 Å². The minimum absolute atomic E-state index is 0.00937. The maximum absolute atomic E-state index is 6.37. The molecule has 7 aromatic carbocycles. The predicted molar refractivity (Wildman–Crippen MR) is 241 cm³/mol. The average molecular weight is 753 g/mol. The fraction of sp³-hybridized carbons (Fsp3) is 0.151. The summed E-state index contributed by atoms with van der Waals surface area (Å²) in [6, 6.07) is 55.7. The number of para-hydroxylation sites is 1. The third-order valence-corrected chi connectivity index (χ3v) is 11.4. The summed E-state index contributed by atoms with van der Waals surface area (Å²) in [7, 11) is 0. The lowest BCUT2D eigenvalue weighted by atomic mass is 9.85. The SMILES string of the molecule is CC(C)(C)c1ccc2c(c1)c1cc(C(C)(C)C)ccc1n2-c1ccc(-c2ccc3c(c2)oc2ccccc23)cc1-c1nc(-c2ccccc2)nc(-c2ccccc2)n1. The first kappa shape index (κ1) is 35.6. The van der Waals surface area contributed by atoms with Gasteiger partial charge in [0, 0.05) is 38.2 Å². The molecule has 0 atom stereocenters. The fourth-order valence-electron chi connectivity index (χ4n) is 8.14. The van der Waals surface area contributed by atoms with Gasteiger partial charge in [-0.15, -0.1) is 0 Å². The lowest BCUT2D eigenvalue weighted by molar-refractivity contribution is 0.590. The molecular weight excluding hydrogens is 709 g/mol. The third-order valence-electron chi connectivity index (χ3n) is 11.4. The maximum Gasteiger partial charge on any atom is 0.166 e. The van der Waals surface area contributed by atoms with Gasteiger partial charge in [-0.2, -0.15) is 0 Å². The summed E-state index contributed by atoms with van der Waals surface area (Å²) in [5, 5.41) is 4.67. The molecule has 0 radical (unpaired) electrons. The molecule has 0 unspecified atom stereocenters. The Morgan fingerprint density at radius 2 is 0.897 bits per heavy atom. The largest absolute Gasteiger partial charge is 0.456 e. The van der Waals surface area contributed by atoms with E-state index in [1.54, 1.807) is 0 Å². The van der Waals surface area contributed by atoms with Crippen molar-refractivity contribution in [2.45, 2.75) is 52.4 Å². The summed E-state index contributed by atoms with van der Waals surface area (Å²) >= 11 is 0. The summed E-state index contributed by atoms with van der Waals surface area (Å²) in [4.78, 5) is 15.6. The van der Waals surface area contributed by atoms with Crippen LogP contribution >= 0.6 is 0 Å². The lowest BCUT2D eigenvalue weighted by Crippen LogP contribution is -2.10. The Morgan fingerprint density at radius 3 is 1.48 bits per heavy atom. The van der Waals surface area contributed by atoms with Crippen LogP contribution < -0.4 is 0 Å². The van der Waals surface area contributed by atoms with Crippen molar-refractivity contribution >= 4 is 43.7 Å². The number of benzene rings is 7. The van der Waals surface area contributed by atoms with E-state index in [1.165, 1.54) is 21.9 Å². The van der Waals surface area contributed by atoms with E-state index in [4.69, 9.17) is 19.4 Å². The van der Waals surface area contributed by atoms with Crippen molar-refractivity contribution in [2.75, 3.05) is 0 Å². The number of rotatable bonds is 5. The molecule has 5 nitrogen and oxygen atoms in total. The van der Waals surface area contributed by atoms with Crippen LogP contribution in [-0.4, -0.2) is 19.5 Å². The molecule has 0 aliphatic heterocycles. The van der Waals surface area contributed by atoms with Gasteiger partial charge in [0.2, 0.25) is 0 Å². The molecule has 0 spiro atoms. The average Bonchev–Trinajstić information content (AvgIpc) is 3.78. The third kappa shape index (κ3) is 6.15. The van der Waals surface area contributed by atoms with Crippen molar-refractivity contribution in [1.29, 1.82) is 0 Å². The smallest absolute Gasteiger partial charge is 0.166 e. The van der Waals surface area contributed by atoms with Gasteiger partial charge in [-0.25, -0.2) is 15.0 Å².